The minimum atomic E-state index is 0.207. The van der Waals surface area contributed by atoms with Crippen LogP contribution >= 0.6 is 0 Å². The molecule has 0 radical (unpaired) electrons. The van der Waals surface area contributed by atoms with Crippen LogP contribution in [0.5, 0.6) is 11.9 Å². The lowest BCUT2D eigenvalue weighted by molar-refractivity contribution is 0.353. The predicted octanol–water partition coefficient (Wildman–Crippen LogP) is 0.409. The summed E-state index contributed by atoms with van der Waals surface area (Å²) in [5.41, 5.74) is 7.52. The fraction of sp³-hybridized carbons (Fsp3) is 0.182. The second kappa shape index (κ2) is 4.61. The number of nitrogen functional groups attached to an aromatic ring is 1. The molecule has 0 saturated carbocycles. The highest BCUT2D eigenvalue weighted by atomic mass is 16.5. The van der Waals surface area contributed by atoms with Crippen LogP contribution in [0, 0.1) is 0 Å². The molecule has 0 bridgehead atoms. The number of anilines is 1. The highest BCUT2D eigenvalue weighted by molar-refractivity contribution is 5.98. The first-order valence-corrected chi connectivity index (χ1v) is 5.64. The maximum absolute atomic E-state index is 5.87. The summed E-state index contributed by atoms with van der Waals surface area (Å²) < 4.78 is 10.2. The monoisotopic (exact) mass is 273 g/mol. The Balaban J connectivity index is 2.25. The third-order valence-corrected chi connectivity index (χ3v) is 2.76. The number of nitrogens with one attached hydrogen (secondary N) is 1. The van der Waals surface area contributed by atoms with Gasteiger partial charge in [-0.25, -0.2) is 15.0 Å². The third-order valence-electron chi connectivity index (χ3n) is 2.76. The number of hydrogen-bond donors (Lipinski definition) is 2. The van der Waals surface area contributed by atoms with Crippen molar-refractivity contribution in [3.63, 3.8) is 0 Å². The van der Waals surface area contributed by atoms with Crippen molar-refractivity contribution in [3.8, 4) is 23.1 Å². The predicted molar refractivity (Wildman–Crippen MR) is 70.2 cm³/mol. The lowest BCUT2D eigenvalue weighted by atomic mass is 10.1. The largest absolute Gasteiger partial charge is 0.480 e. The molecule has 0 saturated heterocycles. The summed E-state index contributed by atoms with van der Waals surface area (Å²) in [6.07, 6.45) is 2.91. The zero-order valence-corrected chi connectivity index (χ0v) is 10.8. The van der Waals surface area contributed by atoms with Crippen LogP contribution in [-0.4, -0.2) is 44.4 Å². The molecule has 3 rings (SSSR count). The number of H-pyrrole nitrogens is 1. The molecule has 0 amide bonds. The number of rotatable bonds is 3. The number of nitrogens with two attached hydrogens (primary N) is 1. The summed E-state index contributed by atoms with van der Waals surface area (Å²) in [7, 11) is 2.98. The zero-order valence-electron chi connectivity index (χ0n) is 10.8. The molecule has 0 aromatic carbocycles. The fourth-order valence-corrected chi connectivity index (χ4v) is 1.85. The van der Waals surface area contributed by atoms with Gasteiger partial charge in [0, 0.05) is 6.20 Å². The van der Waals surface area contributed by atoms with Gasteiger partial charge in [0.25, 0.3) is 0 Å². The molecule has 0 atom stereocenters. The molecule has 102 valence electrons. The van der Waals surface area contributed by atoms with E-state index >= 15 is 0 Å². The molecule has 0 aliphatic rings. The van der Waals surface area contributed by atoms with Crippen molar-refractivity contribution in [3.05, 3.63) is 12.5 Å². The molecule has 0 fully saturated rings. The van der Waals surface area contributed by atoms with Crippen molar-refractivity contribution in [2.45, 2.75) is 0 Å². The lowest BCUT2D eigenvalue weighted by Crippen LogP contribution is -1.98. The van der Waals surface area contributed by atoms with Crippen LogP contribution in [0.25, 0.3) is 22.3 Å². The number of aromatic nitrogens is 6. The van der Waals surface area contributed by atoms with Gasteiger partial charge in [0.05, 0.1) is 30.9 Å². The normalized spacial score (nSPS) is 10.7. The van der Waals surface area contributed by atoms with Crippen LogP contribution in [0.15, 0.2) is 12.5 Å². The minimum Gasteiger partial charge on any atom is -0.480 e. The highest BCUT2D eigenvalue weighted by Crippen LogP contribution is 2.33. The molecule has 0 aliphatic heterocycles. The van der Waals surface area contributed by atoms with Gasteiger partial charge in [-0.05, 0) is 0 Å². The summed E-state index contributed by atoms with van der Waals surface area (Å²) in [6.45, 7) is 0. The van der Waals surface area contributed by atoms with Gasteiger partial charge in [0.1, 0.15) is 12.1 Å². The molecule has 9 nitrogen and oxygen atoms in total. The van der Waals surface area contributed by atoms with Crippen LogP contribution in [0.3, 0.4) is 0 Å². The second-order valence-corrected chi connectivity index (χ2v) is 3.84. The Bertz CT molecular complexity index is 771. The number of ether oxygens (including phenoxy) is 2. The SMILES string of the molecule is COc1ncc(-c2[nH]nc3ncnc(N)c23)c(OC)n1. The number of nitrogens with zero attached hydrogens (tertiary/aromatic N) is 5. The van der Waals surface area contributed by atoms with Crippen molar-refractivity contribution in [1.29, 1.82) is 0 Å². The average molecular weight is 273 g/mol. The molecular formula is C11H11N7O2. The molecule has 9 heteroatoms. The van der Waals surface area contributed by atoms with E-state index < -0.39 is 0 Å². The Morgan fingerprint density at radius 3 is 2.75 bits per heavy atom. The van der Waals surface area contributed by atoms with Gasteiger partial charge in [-0.2, -0.15) is 10.1 Å². The van der Waals surface area contributed by atoms with Crippen molar-refractivity contribution in [2.24, 2.45) is 0 Å². The van der Waals surface area contributed by atoms with Gasteiger partial charge in [0.15, 0.2) is 5.65 Å². The molecule has 0 unspecified atom stereocenters. The van der Waals surface area contributed by atoms with Gasteiger partial charge in [0.2, 0.25) is 5.88 Å². The Labute approximate surface area is 113 Å². The van der Waals surface area contributed by atoms with Gasteiger partial charge in [-0.15, -0.1) is 0 Å². The lowest BCUT2D eigenvalue weighted by Gasteiger charge is -2.07. The third kappa shape index (κ3) is 1.76. The number of fused-ring (bicyclic) bond motifs is 1. The molecule has 3 N–H and O–H groups in total. The molecule has 3 heterocycles. The Morgan fingerprint density at radius 1 is 1.15 bits per heavy atom. The Morgan fingerprint density at radius 2 is 2.00 bits per heavy atom. The van der Waals surface area contributed by atoms with Gasteiger partial charge < -0.3 is 15.2 Å². The van der Waals surface area contributed by atoms with E-state index in [1.54, 1.807) is 6.20 Å². The van der Waals surface area contributed by atoms with Crippen molar-refractivity contribution in [1.82, 2.24) is 30.1 Å². The number of methoxy groups -OCH3 is 2. The average Bonchev–Trinajstić information content (AvgIpc) is 2.91. The van der Waals surface area contributed by atoms with Crippen LogP contribution in [0.4, 0.5) is 5.82 Å². The molecule has 0 spiro atoms. The van der Waals surface area contributed by atoms with Gasteiger partial charge in [-0.1, -0.05) is 0 Å². The van der Waals surface area contributed by atoms with Crippen LogP contribution < -0.4 is 15.2 Å². The first-order chi connectivity index (χ1) is 9.74. The van der Waals surface area contributed by atoms with E-state index in [2.05, 4.69) is 30.1 Å². The van der Waals surface area contributed by atoms with E-state index in [1.165, 1.54) is 20.5 Å². The van der Waals surface area contributed by atoms with Crippen molar-refractivity contribution < 1.29 is 9.47 Å². The first-order valence-electron chi connectivity index (χ1n) is 5.64. The van der Waals surface area contributed by atoms with E-state index in [4.69, 9.17) is 15.2 Å². The van der Waals surface area contributed by atoms with Crippen LogP contribution in [-0.2, 0) is 0 Å². The minimum absolute atomic E-state index is 0.207. The number of hydrogen-bond acceptors (Lipinski definition) is 8. The molecule has 20 heavy (non-hydrogen) atoms. The van der Waals surface area contributed by atoms with E-state index in [0.717, 1.165) is 0 Å². The molecule has 3 aromatic rings. The van der Waals surface area contributed by atoms with E-state index in [0.29, 0.717) is 34.0 Å². The highest BCUT2D eigenvalue weighted by Gasteiger charge is 2.18. The van der Waals surface area contributed by atoms with Crippen molar-refractivity contribution in [2.75, 3.05) is 20.0 Å². The standard InChI is InChI=1S/C11H11N7O2/c1-19-10-5(3-13-11(16-10)20-2)7-6-8(12)14-4-15-9(6)18-17-7/h3-4H,1-2H3,(H3,12,14,15,17,18). The molecule has 3 aromatic heterocycles. The maximum atomic E-state index is 5.87. The second-order valence-electron chi connectivity index (χ2n) is 3.84. The fourth-order valence-electron chi connectivity index (χ4n) is 1.85. The smallest absolute Gasteiger partial charge is 0.319 e. The quantitative estimate of drug-likeness (QED) is 0.702. The summed E-state index contributed by atoms with van der Waals surface area (Å²) >= 11 is 0. The van der Waals surface area contributed by atoms with Crippen LogP contribution in [0.1, 0.15) is 0 Å². The maximum Gasteiger partial charge on any atom is 0.319 e. The van der Waals surface area contributed by atoms with Crippen LogP contribution in [0.2, 0.25) is 0 Å². The summed E-state index contributed by atoms with van der Waals surface area (Å²) in [5.74, 6) is 0.655. The van der Waals surface area contributed by atoms with Gasteiger partial charge >= 0.3 is 6.01 Å². The zero-order chi connectivity index (χ0) is 14.1. The summed E-state index contributed by atoms with van der Waals surface area (Å²) in [5, 5.41) is 7.52. The summed E-state index contributed by atoms with van der Waals surface area (Å²) in [4.78, 5) is 16.2. The molecule has 0 aliphatic carbocycles. The van der Waals surface area contributed by atoms with Crippen molar-refractivity contribution >= 4 is 16.9 Å². The molecular weight excluding hydrogens is 262 g/mol. The van der Waals surface area contributed by atoms with E-state index in [-0.39, 0.29) is 6.01 Å². The first kappa shape index (κ1) is 12.1. The Kier molecular flexibility index (Phi) is 2.78. The number of aromatic amines is 1. The van der Waals surface area contributed by atoms with E-state index in [1.807, 2.05) is 0 Å². The topological polar surface area (TPSA) is 125 Å². The van der Waals surface area contributed by atoms with E-state index in [9.17, 15) is 0 Å². The summed E-state index contributed by atoms with van der Waals surface area (Å²) in [6, 6.07) is 0.207. The van der Waals surface area contributed by atoms with Gasteiger partial charge in [-0.3, -0.25) is 5.10 Å². The Hall–Kier alpha value is -2.97.